The smallest absolute Gasteiger partial charge is 0.463 e. The Morgan fingerprint density at radius 3 is 1.34 bits per heavy atom. The van der Waals surface area contributed by atoms with Gasteiger partial charge in [0, 0.05) is 19.4 Å². The molecule has 0 aliphatic carbocycles. The van der Waals surface area contributed by atoms with Gasteiger partial charge in [-0.25, -0.2) is 4.57 Å². The van der Waals surface area contributed by atoms with Gasteiger partial charge >= 0.3 is 13.8 Å². The van der Waals surface area contributed by atoms with Crippen molar-refractivity contribution in [3.8, 4) is 0 Å². The van der Waals surface area contributed by atoms with E-state index >= 15 is 0 Å². The highest BCUT2D eigenvalue weighted by molar-refractivity contribution is 7.47. The monoisotopic (exact) mass is 868 g/mol. The van der Waals surface area contributed by atoms with Crippen LogP contribution in [0.2, 0.25) is 0 Å². The van der Waals surface area contributed by atoms with E-state index in [0.29, 0.717) is 12.8 Å². The number of rotatable bonds is 41. The van der Waals surface area contributed by atoms with E-state index in [4.69, 9.17) is 13.8 Å². The molecule has 0 rings (SSSR count). The quantitative estimate of drug-likeness (QED) is 0.0240. The fraction of sp³-hybridized carbons (Fsp3) is 0.569. The number of phosphoric ester groups is 1. The molecule has 0 aliphatic heterocycles. The number of amides is 1. The van der Waals surface area contributed by atoms with Crippen LogP contribution in [0.1, 0.15) is 155 Å². The largest absolute Gasteiger partial charge is 0.472 e. The van der Waals surface area contributed by atoms with Crippen molar-refractivity contribution in [2.24, 2.45) is 0 Å². The third kappa shape index (κ3) is 47.3. The zero-order valence-electron chi connectivity index (χ0n) is 37.8. The molecule has 0 bridgehead atoms. The molecule has 9 nitrogen and oxygen atoms in total. The van der Waals surface area contributed by atoms with Crippen LogP contribution in [0.4, 0.5) is 0 Å². The second-order valence-corrected chi connectivity index (χ2v) is 16.1. The fourth-order valence-electron chi connectivity index (χ4n) is 5.49. The molecule has 0 aromatic heterocycles. The van der Waals surface area contributed by atoms with Crippen LogP contribution in [0, 0.1) is 0 Å². The van der Waals surface area contributed by atoms with E-state index in [9.17, 15) is 24.2 Å². The lowest BCUT2D eigenvalue weighted by Gasteiger charge is -2.15. The summed E-state index contributed by atoms with van der Waals surface area (Å²) in [5.74, 6) is -0.580. The van der Waals surface area contributed by atoms with Crippen molar-refractivity contribution >= 4 is 19.7 Å². The van der Waals surface area contributed by atoms with E-state index in [2.05, 4.69) is 141 Å². The molecule has 0 spiro atoms. The van der Waals surface area contributed by atoms with E-state index in [-0.39, 0.29) is 32.1 Å². The number of carbonyl (C=O) groups excluding carboxylic acids is 2. The lowest BCUT2D eigenvalue weighted by Crippen LogP contribution is -2.27. The normalized spacial score (nSPS) is 14.4. The summed E-state index contributed by atoms with van der Waals surface area (Å²) in [6, 6.07) is 0. The van der Waals surface area contributed by atoms with Gasteiger partial charge in [0.2, 0.25) is 5.91 Å². The van der Waals surface area contributed by atoms with E-state index in [1.54, 1.807) is 0 Å². The van der Waals surface area contributed by atoms with Crippen molar-refractivity contribution < 1.29 is 37.9 Å². The van der Waals surface area contributed by atoms with Crippen LogP contribution in [-0.4, -0.2) is 54.3 Å². The Morgan fingerprint density at radius 2 is 0.885 bits per heavy atom. The summed E-state index contributed by atoms with van der Waals surface area (Å²) in [7, 11) is -4.44. The van der Waals surface area contributed by atoms with Gasteiger partial charge in [0.25, 0.3) is 0 Å². The molecule has 344 valence electrons. The van der Waals surface area contributed by atoms with Crippen molar-refractivity contribution in [3.63, 3.8) is 0 Å². The standard InChI is InChI=1S/C51H82NO8P/c1-3-5-7-9-11-13-15-17-19-21-23-24-26-27-29-31-33-35-37-39-41-43-50(54)52-45-46-59-61(56,57)60-48-49(53)47-58-51(55)44-42-40-38-36-34-32-30-28-25-22-20-18-16-14-12-10-8-6-4-2/h5-8,11-14,17-20,23-25,27-29,32,34,49,53H,3-4,9-10,15-16,21-22,26,30-31,33,35-48H2,1-2H3,(H,52,54)(H,56,57)/b7-5-,8-6-,13-11-,14-12-,19-17-,20-18-,24-23-,28-25-,29-27-,34-32-. The molecule has 0 aromatic rings. The molecule has 2 atom stereocenters. The maximum atomic E-state index is 12.1. The molecule has 0 saturated heterocycles. The molecule has 0 fully saturated rings. The SMILES string of the molecule is CC/C=C\C/C=C\C/C=C\C/C=C\C/C=C\CCCCCCCC(=O)NCCOP(=O)(O)OCC(O)COC(=O)CCCCC/C=C\C/C=C\C/C=C\C/C=C\C/C=C\CC. The summed E-state index contributed by atoms with van der Waals surface area (Å²) in [5.41, 5.74) is 0. The van der Waals surface area contributed by atoms with E-state index in [1.807, 2.05) is 0 Å². The first-order chi connectivity index (χ1) is 29.8. The summed E-state index contributed by atoms with van der Waals surface area (Å²) >= 11 is 0. The molecule has 1 amide bonds. The molecule has 2 unspecified atom stereocenters. The Morgan fingerprint density at radius 1 is 0.508 bits per heavy atom. The minimum Gasteiger partial charge on any atom is -0.463 e. The van der Waals surface area contributed by atoms with E-state index in [1.165, 1.54) is 0 Å². The number of esters is 1. The average molecular weight is 868 g/mol. The molecule has 0 radical (unpaired) electrons. The average Bonchev–Trinajstić information content (AvgIpc) is 3.25. The summed E-state index contributed by atoms with van der Waals surface area (Å²) in [5, 5.41) is 12.7. The van der Waals surface area contributed by atoms with Crippen LogP contribution in [-0.2, 0) is 27.9 Å². The minimum absolute atomic E-state index is 0.0580. The Bertz CT molecular complexity index is 1400. The van der Waals surface area contributed by atoms with Crippen molar-refractivity contribution in [1.29, 1.82) is 0 Å². The second kappa shape index (κ2) is 45.9. The topological polar surface area (TPSA) is 131 Å². The predicted molar refractivity (Wildman–Crippen MR) is 256 cm³/mol. The van der Waals surface area contributed by atoms with Gasteiger partial charge in [-0.05, 0) is 103 Å². The number of ether oxygens (including phenoxy) is 1. The van der Waals surface area contributed by atoms with Crippen LogP contribution in [0.25, 0.3) is 0 Å². The number of phosphoric acid groups is 1. The minimum atomic E-state index is -4.44. The number of hydrogen-bond acceptors (Lipinski definition) is 7. The predicted octanol–water partition coefficient (Wildman–Crippen LogP) is 13.3. The van der Waals surface area contributed by atoms with Gasteiger partial charge in [0.05, 0.1) is 13.2 Å². The first-order valence-corrected chi connectivity index (χ1v) is 24.5. The number of unbranched alkanes of at least 4 members (excludes halogenated alkanes) is 8. The van der Waals surface area contributed by atoms with Crippen LogP contribution >= 0.6 is 7.82 Å². The number of hydrogen-bond donors (Lipinski definition) is 3. The first kappa shape index (κ1) is 57.4. The third-order valence-corrected chi connectivity index (χ3v) is 9.87. The summed E-state index contributed by atoms with van der Waals surface area (Å²) in [4.78, 5) is 34.0. The Kier molecular flexibility index (Phi) is 43.2. The van der Waals surface area contributed by atoms with Gasteiger partial charge in [-0.2, -0.15) is 0 Å². The maximum Gasteiger partial charge on any atom is 0.472 e. The molecular weight excluding hydrogens is 786 g/mol. The van der Waals surface area contributed by atoms with Crippen molar-refractivity contribution in [1.82, 2.24) is 5.32 Å². The molecule has 10 heteroatoms. The molecule has 0 aromatic carbocycles. The van der Waals surface area contributed by atoms with Crippen molar-refractivity contribution in [3.05, 3.63) is 122 Å². The summed E-state index contributed by atoms with van der Waals surface area (Å²) < 4.78 is 26.9. The second-order valence-electron chi connectivity index (χ2n) is 14.6. The first-order valence-electron chi connectivity index (χ1n) is 23.0. The van der Waals surface area contributed by atoms with E-state index in [0.717, 1.165) is 122 Å². The Labute approximate surface area is 370 Å². The van der Waals surface area contributed by atoms with Crippen molar-refractivity contribution in [2.45, 2.75) is 161 Å². The lowest BCUT2D eigenvalue weighted by atomic mass is 10.1. The number of carbonyl (C=O) groups is 2. The van der Waals surface area contributed by atoms with Crippen LogP contribution in [0.5, 0.6) is 0 Å². The van der Waals surface area contributed by atoms with Crippen LogP contribution in [0.3, 0.4) is 0 Å². The van der Waals surface area contributed by atoms with Crippen LogP contribution < -0.4 is 5.32 Å². The molecule has 0 heterocycles. The molecule has 0 aliphatic rings. The number of allylic oxidation sites excluding steroid dienone is 20. The number of aliphatic hydroxyl groups excluding tert-OH is 1. The third-order valence-electron chi connectivity index (χ3n) is 8.89. The lowest BCUT2D eigenvalue weighted by molar-refractivity contribution is -0.147. The molecule has 61 heavy (non-hydrogen) atoms. The molecular formula is C51H82NO8P. The van der Waals surface area contributed by atoms with Crippen LogP contribution in [0.15, 0.2) is 122 Å². The van der Waals surface area contributed by atoms with Gasteiger partial charge in [0.1, 0.15) is 12.7 Å². The van der Waals surface area contributed by atoms with Gasteiger partial charge in [-0.15, -0.1) is 0 Å². The Balaban J connectivity index is 3.72. The highest BCUT2D eigenvalue weighted by atomic mass is 31.2. The highest BCUT2D eigenvalue weighted by Gasteiger charge is 2.23. The van der Waals surface area contributed by atoms with Gasteiger partial charge in [-0.1, -0.05) is 161 Å². The van der Waals surface area contributed by atoms with Crippen molar-refractivity contribution in [2.75, 3.05) is 26.4 Å². The van der Waals surface area contributed by atoms with Gasteiger partial charge in [-0.3, -0.25) is 18.6 Å². The molecule has 3 N–H and O–H groups in total. The molecule has 0 saturated carbocycles. The van der Waals surface area contributed by atoms with E-state index < -0.39 is 26.5 Å². The summed E-state index contributed by atoms with van der Waals surface area (Å²) in [6.07, 6.45) is 62.7. The number of aliphatic hydroxyl groups is 1. The van der Waals surface area contributed by atoms with Gasteiger partial charge < -0.3 is 20.1 Å². The van der Waals surface area contributed by atoms with Gasteiger partial charge in [0.15, 0.2) is 0 Å². The Hall–Kier alpha value is -3.59. The highest BCUT2D eigenvalue weighted by Crippen LogP contribution is 2.42. The maximum absolute atomic E-state index is 12.1. The number of nitrogens with one attached hydrogen (secondary N) is 1. The fourth-order valence-corrected chi connectivity index (χ4v) is 6.25. The zero-order chi connectivity index (χ0) is 44.6. The zero-order valence-corrected chi connectivity index (χ0v) is 38.7. The summed E-state index contributed by atoms with van der Waals surface area (Å²) in [6.45, 7) is 3.23.